The fraction of sp³-hybridized carbons (Fsp3) is 0.735. The highest BCUT2D eigenvalue weighted by atomic mass is 16.5. The van der Waals surface area contributed by atoms with E-state index in [4.69, 9.17) is 9.47 Å². The molecule has 0 aliphatic heterocycles. The van der Waals surface area contributed by atoms with Gasteiger partial charge in [-0.15, -0.1) is 0 Å². The van der Waals surface area contributed by atoms with Gasteiger partial charge in [-0.2, -0.15) is 0 Å². The molecule has 0 spiro atoms. The van der Waals surface area contributed by atoms with Crippen molar-refractivity contribution in [2.45, 2.75) is 219 Å². The van der Waals surface area contributed by atoms with Crippen LogP contribution in [0, 0.1) is 0 Å². The Bertz CT molecular complexity index is 1090. The Morgan fingerprint density at radius 3 is 0.870 bits per heavy atom. The molecule has 0 radical (unpaired) electrons. The molecule has 0 fully saturated rings. The summed E-state index contributed by atoms with van der Waals surface area (Å²) in [6.45, 7) is 5.74. The number of phenols is 2. The molecule has 0 atom stereocenters. The van der Waals surface area contributed by atoms with Crippen molar-refractivity contribution in [3.05, 3.63) is 47.5 Å². The first-order valence-corrected chi connectivity index (χ1v) is 23.0. The summed E-state index contributed by atoms with van der Waals surface area (Å²) < 4.78 is 11.7. The molecule has 2 aromatic rings. The fourth-order valence-corrected chi connectivity index (χ4v) is 7.41. The molecule has 0 amide bonds. The zero-order chi connectivity index (χ0) is 38.7. The van der Waals surface area contributed by atoms with Gasteiger partial charge in [0, 0.05) is 12.1 Å². The average Bonchev–Trinajstić information content (AvgIpc) is 3.17. The maximum Gasteiger partial charge on any atom is 0.200 e. The van der Waals surface area contributed by atoms with Gasteiger partial charge in [-0.1, -0.05) is 206 Å². The van der Waals surface area contributed by atoms with Gasteiger partial charge in [-0.05, 0) is 37.1 Å². The molecule has 0 heterocycles. The van der Waals surface area contributed by atoms with Crippen LogP contribution in [0.4, 0.5) is 0 Å². The molecule has 5 heteroatoms. The lowest BCUT2D eigenvalue weighted by molar-refractivity contribution is 0.103. The summed E-state index contributed by atoms with van der Waals surface area (Å²) >= 11 is 0. The zero-order valence-electron chi connectivity index (χ0n) is 35.1. The molecule has 5 nitrogen and oxygen atoms in total. The minimum atomic E-state index is -0.432. The number of phenolic OH excluding ortho intramolecular Hbond substituents is 2. The molecule has 2 aromatic carbocycles. The first kappa shape index (κ1) is 47.5. The van der Waals surface area contributed by atoms with E-state index in [1.807, 2.05) is 0 Å². The van der Waals surface area contributed by atoms with Gasteiger partial charge in [-0.25, -0.2) is 0 Å². The standard InChI is InChI=1S/C49H82O5/c1-3-5-7-9-11-13-15-17-19-21-23-25-27-29-31-33-39-53-43-35-37-45(47(50)41-43)49(52)46-38-36-44(42-48(46)51)54-40-34-32-30-28-26-24-22-20-18-16-14-12-10-8-6-4-2/h35-38,41-42,50-51H,3-34,39-40H2,1-2H3. The van der Waals surface area contributed by atoms with Gasteiger partial charge < -0.3 is 19.7 Å². The Kier molecular flexibility index (Phi) is 29.6. The molecule has 308 valence electrons. The lowest BCUT2D eigenvalue weighted by Gasteiger charge is -2.11. The first-order valence-electron chi connectivity index (χ1n) is 23.0. The first-order chi connectivity index (χ1) is 26.6. The third-order valence-electron chi connectivity index (χ3n) is 11.0. The van der Waals surface area contributed by atoms with E-state index >= 15 is 0 Å². The van der Waals surface area contributed by atoms with Crippen LogP contribution in [-0.4, -0.2) is 29.2 Å². The van der Waals surface area contributed by atoms with E-state index in [2.05, 4.69) is 13.8 Å². The zero-order valence-corrected chi connectivity index (χ0v) is 35.1. The summed E-state index contributed by atoms with van der Waals surface area (Å²) in [5, 5.41) is 21.2. The van der Waals surface area contributed by atoms with Crippen molar-refractivity contribution in [2.75, 3.05) is 13.2 Å². The lowest BCUT2D eigenvalue weighted by atomic mass is 10.0. The highest BCUT2D eigenvalue weighted by Gasteiger charge is 2.18. The third kappa shape index (κ3) is 24.0. The van der Waals surface area contributed by atoms with Crippen molar-refractivity contribution in [2.24, 2.45) is 0 Å². The second kappa shape index (κ2) is 33.6. The number of benzene rings is 2. The van der Waals surface area contributed by atoms with Crippen molar-refractivity contribution >= 4 is 5.78 Å². The monoisotopic (exact) mass is 751 g/mol. The Labute approximate surface area is 332 Å². The van der Waals surface area contributed by atoms with Crippen LogP contribution in [0.3, 0.4) is 0 Å². The summed E-state index contributed by atoms with van der Waals surface area (Å²) in [6, 6.07) is 9.56. The Morgan fingerprint density at radius 1 is 0.389 bits per heavy atom. The van der Waals surface area contributed by atoms with E-state index in [-0.39, 0.29) is 22.6 Å². The molecule has 0 aliphatic rings. The molecular formula is C49H82O5. The highest BCUT2D eigenvalue weighted by Crippen LogP contribution is 2.31. The topological polar surface area (TPSA) is 76.0 Å². The van der Waals surface area contributed by atoms with Crippen LogP contribution < -0.4 is 9.47 Å². The predicted octanol–water partition coefficient (Wildman–Crippen LogP) is 15.6. The van der Waals surface area contributed by atoms with Crippen LogP contribution in [0.2, 0.25) is 0 Å². The number of rotatable bonds is 38. The van der Waals surface area contributed by atoms with Crippen LogP contribution in [0.15, 0.2) is 36.4 Å². The molecule has 0 aromatic heterocycles. The largest absolute Gasteiger partial charge is 0.507 e. The van der Waals surface area contributed by atoms with Crippen LogP contribution >= 0.6 is 0 Å². The molecule has 0 saturated heterocycles. The molecule has 0 saturated carbocycles. The summed E-state index contributed by atoms with van der Waals surface area (Å²) in [7, 11) is 0. The number of ketones is 1. The van der Waals surface area contributed by atoms with Crippen molar-refractivity contribution in [1.82, 2.24) is 0 Å². The second-order valence-electron chi connectivity index (χ2n) is 16.0. The Hall–Kier alpha value is -2.69. The number of hydrogen-bond donors (Lipinski definition) is 2. The lowest BCUT2D eigenvalue weighted by Crippen LogP contribution is -2.04. The number of unbranched alkanes of at least 4 members (excludes halogenated alkanes) is 30. The van der Waals surface area contributed by atoms with Gasteiger partial charge in [0.25, 0.3) is 0 Å². The van der Waals surface area contributed by atoms with Gasteiger partial charge >= 0.3 is 0 Å². The van der Waals surface area contributed by atoms with Crippen LogP contribution in [0.5, 0.6) is 23.0 Å². The summed E-state index contributed by atoms with van der Waals surface area (Å²) in [6.07, 6.45) is 42.6. The van der Waals surface area contributed by atoms with Crippen LogP contribution in [-0.2, 0) is 0 Å². The van der Waals surface area contributed by atoms with Gasteiger partial charge in [-0.3, -0.25) is 4.79 Å². The summed E-state index contributed by atoms with van der Waals surface area (Å²) in [4.78, 5) is 13.2. The number of ether oxygens (including phenoxy) is 2. The molecule has 2 rings (SSSR count). The fourth-order valence-electron chi connectivity index (χ4n) is 7.41. The van der Waals surface area contributed by atoms with E-state index in [1.54, 1.807) is 24.3 Å². The van der Waals surface area contributed by atoms with E-state index in [9.17, 15) is 15.0 Å². The molecular weight excluding hydrogens is 669 g/mol. The molecule has 54 heavy (non-hydrogen) atoms. The third-order valence-corrected chi connectivity index (χ3v) is 11.0. The quantitative estimate of drug-likeness (QED) is 0.0528. The van der Waals surface area contributed by atoms with Crippen molar-refractivity contribution in [3.8, 4) is 23.0 Å². The van der Waals surface area contributed by atoms with Crippen molar-refractivity contribution < 1.29 is 24.5 Å². The van der Waals surface area contributed by atoms with Gasteiger partial charge in [0.2, 0.25) is 0 Å². The van der Waals surface area contributed by atoms with Gasteiger partial charge in [0.1, 0.15) is 23.0 Å². The van der Waals surface area contributed by atoms with E-state index in [0.717, 1.165) is 25.7 Å². The number of carbonyl (C=O) groups is 1. The van der Waals surface area contributed by atoms with Crippen molar-refractivity contribution in [1.29, 1.82) is 0 Å². The highest BCUT2D eigenvalue weighted by molar-refractivity contribution is 6.12. The molecule has 2 N–H and O–H groups in total. The predicted molar refractivity (Wildman–Crippen MR) is 230 cm³/mol. The van der Waals surface area contributed by atoms with E-state index < -0.39 is 5.78 Å². The number of carbonyl (C=O) groups excluding carboxylic acids is 1. The van der Waals surface area contributed by atoms with Crippen molar-refractivity contribution in [3.63, 3.8) is 0 Å². The maximum absolute atomic E-state index is 13.2. The Balaban J connectivity index is 1.49. The van der Waals surface area contributed by atoms with Gasteiger partial charge in [0.05, 0.1) is 24.3 Å². The molecule has 0 bridgehead atoms. The molecule has 0 unspecified atom stereocenters. The maximum atomic E-state index is 13.2. The SMILES string of the molecule is CCCCCCCCCCCCCCCCCCOc1ccc(C(=O)c2ccc(OCCCCCCCCCCCCCCCCCC)cc2O)c(O)c1. The smallest absolute Gasteiger partial charge is 0.200 e. The summed E-state index contributed by atoms with van der Waals surface area (Å²) in [5.74, 6) is 0.373. The van der Waals surface area contributed by atoms with Crippen LogP contribution in [0.1, 0.15) is 235 Å². The number of hydrogen-bond acceptors (Lipinski definition) is 5. The minimum Gasteiger partial charge on any atom is -0.507 e. The molecule has 0 aliphatic carbocycles. The van der Waals surface area contributed by atoms with E-state index in [0.29, 0.717) is 24.7 Å². The van der Waals surface area contributed by atoms with E-state index in [1.165, 1.54) is 192 Å². The van der Waals surface area contributed by atoms with Crippen LogP contribution in [0.25, 0.3) is 0 Å². The summed E-state index contributed by atoms with van der Waals surface area (Å²) in [5.41, 5.74) is 0.281. The average molecular weight is 751 g/mol. The number of aromatic hydroxyl groups is 2. The van der Waals surface area contributed by atoms with Gasteiger partial charge in [0.15, 0.2) is 5.78 Å². The normalized spacial score (nSPS) is 11.3. The minimum absolute atomic E-state index is 0.141. The second-order valence-corrected chi connectivity index (χ2v) is 16.0. The Morgan fingerprint density at radius 2 is 0.630 bits per heavy atom.